The molecule has 0 spiro atoms. The molecule has 29 heavy (non-hydrogen) atoms. The van der Waals surface area contributed by atoms with Crippen molar-refractivity contribution < 1.29 is 18.7 Å². The van der Waals surface area contributed by atoms with Crippen LogP contribution in [0, 0.1) is 23.1 Å². The first-order chi connectivity index (χ1) is 13.6. The van der Waals surface area contributed by atoms with Crippen molar-refractivity contribution in [1.82, 2.24) is 4.98 Å². The van der Waals surface area contributed by atoms with Gasteiger partial charge in [-0.1, -0.05) is 19.9 Å². The zero-order chi connectivity index (χ0) is 21.6. The number of hydrogen-bond acceptors (Lipinski definition) is 6. The Morgan fingerprint density at radius 2 is 2.14 bits per heavy atom. The minimum absolute atomic E-state index is 0.125. The second-order valence-electron chi connectivity index (χ2n) is 7.53. The average molecular weight is 400 g/mol. The van der Waals surface area contributed by atoms with Gasteiger partial charge >= 0.3 is 6.09 Å². The van der Waals surface area contributed by atoms with Crippen LogP contribution in [0.4, 0.5) is 15.0 Å². The summed E-state index contributed by atoms with van der Waals surface area (Å²) in [4.78, 5) is 15.1. The molecule has 0 aliphatic heterocycles. The quantitative estimate of drug-likeness (QED) is 0.725. The van der Waals surface area contributed by atoms with Crippen molar-refractivity contribution in [3.05, 3.63) is 41.8 Å². The summed E-state index contributed by atoms with van der Waals surface area (Å²) in [5, 5.41) is 11.9. The number of nitriles is 1. The monoisotopic (exact) mass is 400 g/mol. The predicted octanol–water partition coefficient (Wildman–Crippen LogP) is 4.08. The van der Waals surface area contributed by atoms with Crippen molar-refractivity contribution in [2.45, 2.75) is 32.7 Å². The number of carbonyl (C=O) groups excluding carboxylic acids is 1. The lowest BCUT2D eigenvalue weighted by molar-refractivity contribution is 0.187. The van der Waals surface area contributed by atoms with Gasteiger partial charge in [0.1, 0.15) is 30.1 Å². The Morgan fingerprint density at radius 3 is 2.76 bits per heavy atom. The Bertz CT molecular complexity index is 923. The maximum Gasteiger partial charge on any atom is 0.412 e. The molecule has 7 nitrogen and oxygen atoms in total. The summed E-state index contributed by atoms with van der Waals surface area (Å²) in [6, 6.07) is 8.18. The average Bonchev–Trinajstić information content (AvgIpc) is 2.66. The van der Waals surface area contributed by atoms with Crippen LogP contribution in [0.3, 0.4) is 0 Å². The summed E-state index contributed by atoms with van der Waals surface area (Å²) in [5.74, 6) is 0.317. The van der Waals surface area contributed by atoms with Crippen molar-refractivity contribution in [3.63, 3.8) is 0 Å². The molecule has 1 atom stereocenters. The maximum atomic E-state index is 14.3. The fourth-order valence-corrected chi connectivity index (χ4v) is 3.03. The summed E-state index contributed by atoms with van der Waals surface area (Å²) in [6.45, 7) is 6.30. The number of anilines is 1. The van der Waals surface area contributed by atoms with Gasteiger partial charge < -0.3 is 15.2 Å². The molecule has 0 saturated carbocycles. The molecule has 0 bridgehead atoms. The lowest BCUT2D eigenvalue weighted by Gasteiger charge is -2.26. The number of halogens is 1. The summed E-state index contributed by atoms with van der Waals surface area (Å²) in [6.07, 6.45) is 1.04. The number of methoxy groups -OCH3 is 1. The van der Waals surface area contributed by atoms with Gasteiger partial charge in [0.15, 0.2) is 0 Å². The number of carbonyl (C=O) groups is 1. The van der Waals surface area contributed by atoms with Crippen LogP contribution in [0.1, 0.15) is 32.8 Å². The highest BCUT2D eigenvalue weighted by molar-refractivity contribution is 5.84. The predicted molar refractivity (Wildman–Crippen MR) is 108 cm³/mol. The van der Waals surface area contributed by atoms with E-state index >= 15 is 0 Å². The Balaban J connectivity index is 2.28. The van der Waals surface area contributed by atoms with Crippen molar-refractivity contribution >= 4 is 11.9 Å². The molecular formula is C21H25FN4O3. The molecule has 2 rings (SSSR count). The highest BCUT2D eigenvalue weighted by atomic mass is 19.1. The number of hydrogen-bond donors (Lipinski definition) is 2. The van der Waals surface area contributed by atoms with Crippen molar-refractivity contribution in [3.8, 4) is 22.9 Å². The minimum Gasteiger partial charge on any atom is -0.490 e. The number of nitrogens with zero attached hydrogens (tertiary/aromatic N) is 2. The van der Waals surface area contributed by atoms with E-state index < -0.39 is 17.4 Å². The summed E-state index contributed by atoms with van der Waals surface area (Å²) in [5.41, 5.74) is 6.59. The van der Waals surface area contributed by atoms with Crippen molar-refractivity contribution in [2.75, 3.05) is 19.0 Å². The SMILES string of the molecule is COC(=O)Nc1cc(-c2ccc(OCC(C)(N)CC(C)C)c(C#N)c2)c(F)cn1. The number of nitrogens with two attached hydrogens (primary N) is 1. The smallest absolute Gasteiger partial charge is 0.412 e. The van der Waals surface area contributed by atoms with E-state index in [2.05, 4.69) is 35.0 Å². The molecule has 3 N–H and O–H groups in total. The Hall–Kier alpha value is -3.18. The molecule has 1 unspecified atom stereocenters. The Kier molecular flexibility index (Phi) is 7.13. The summed E-state index contributed by atoms with van der Waals surface area (Å²) >= 11 is 0. The normalized spacial score (nSPS) is 12.8. The first kappa shape index (κ1) is 22.1. The van der Waals surface area contributed by atoms with Crippen molar-refractivity contribution in [1.29, 1.82) is 5.26 Å². The van der Waals surface area contributed by atoms with E-state index in [0.29, 0.717) is 17.2 Å². The third-order valence-electron chi connectivity index (χ3n) is 4.11. The molecule has 0 radical (unpaired) electrons. The third kappa shape index (κ3) is 6.16. The summed E-state index contributed by atoms with van der Waals surface area (Å²) in [7, 11) is 1.21. The van der Waals surface area contributed by atoms with E-state index in [1.807, 2.05) is 6.92 Å². The van der Waals surface area contributed by atoms with Crippen LogP contribution < -0.4 is 15.8 Å². The second kappa shape index (κ2) is 9.34. The van der Waals surface area contributed by atoms with E-state index in [1.54, 1.807) is 12.1 Å². The van der Waals surface area contributed by atoms with Gasteiger partial charge in [-0.15, -0.1) is 0 Å². The molecule has 0 fully saturated rings. The van der Waals surface area contributed by atoms with Crippen molar-refractivity contribution in [2.24, 2.45) is 11.7 Å². The number of rotatable bonds is 7. The Morgan fingerprint density at radius 1 is 1.41 bits per heavy atom. The van der Waals surface area contributed by atoms with Crippen LogP contribution in [0.15, 0.2) is 30.5 Å². The molecular weight excluding hydrogens is 375 g/mol. The van der Waals surface area contributed by atoms with E-state index in [1.165, 1.54) is 19.2 Å². The fourth-order valence-electron chi connectivity index (χ4n) is 3.03. The number of benzene rings is 1. The van der Waals surface area contributed by atoms with Gasteiger partial charge in [0.2, 0.25) is 0 Å². The molecule has 1 aromatic carbocycles. The highest BCUT2D eigenvalue weighted by Crippen LogP contribution is 2.30. The van der Waals surface area contributed by atoms with Gasteiger partial charge in [-0.05, 0) is 43.0 Å². The molecule has 8 heteroatoms. The lowest BCUT2D eigenvalue weighted by atomic mass is 9.93. The maximum absolute atomic E-state index is 14.3. The Labute approximate surface area is 169 Å². The van der Waals surface area contributed by atoms with Gasteiger partial charge in [0, 0.05) is 11.1 Å². The highest BCUT2D eigenvalue weighted by Gasteiger charge is 2.22. The van der Waals surface area contributed by atoms with Crippen LogP contribution in [0.2, 0.25) is 0 Å². The molecule has 1 heterocycles. The van der Waals surface area contributed by atoms with Crippen LogP contribution in [0.25, 0.3) is 11.1 Å². The molecule has 1 amide bonds. The molecule has 154 valence electrons. The molecule has 0 aliphatic carbocycles. The first-order valence-corrected chi connectivity index (χ1v) is 9.12. The number of amides is 1. The standard InChI is InChI=1S/C21H25FN4O3/c1-13(2)9-21(3,24)12-29-18-6-5-14(7-15(18)10-23)16-8-19(25-11-17(16)22)26-20(27)28-4/h5-8,11,13H,9,12,24H2,1-4H3,(H,25,26,27). The van der Waals surface area contributed by atoms with Crippen LogP contribution in [0.5, 0.6) is 5.75 Å². The van der Waals surface area contributed by atoms with E-state index in [0.717, 1.165) is 12.6 Å². The van der Waals surface area contributed by atoms with E-state index in [9.17, 15) is 14.4 Å². The second-order valence-corrected chi connectivity index (χ2v) is 7.53. The lowest BCUT2D eigenvalue weighted by Crippen LogP contribution is -2.43. The third-order valence-corrected chi connectivity index (χ3v) is 4.11. The van der Waals surface area contributed by atoms with Crippen LogP contribution in [-0.4, -0.2) is 30.3 Å². The van der Waals surface area contributed by atoms with E-state index in [4.69, 9.17) is 10.5 Å². The van der Waals surface area contributed by atoms with E-state index in [-0.39, 0.29) is 23.6 Å². The zero-order valence-corrected chi connectivity index (χ0v) is 17.0. The number of aromatic nitrogens is 1. The molecule has 0 aliphatic rings. The number of pyridine rings is 1. The largest absolute Gasteiger partial charge is 0.490 e. The summed E-state index contributed by atoms with van der Waals surface area (Å²) < 4.78 is 24.6. The van der Waals surface area contributed by atoms with Crippen LogP contribution >= 0.6 is 0 Å². The van der Waals surface area contributed by atoms with Gasteiger partial charge in [-0.3, -0.25) is 5.32 Å². The van der Waals surface area contributed by atoms with Gasteiger partial charge in [-0.25, -0.2) is 14.2 Å². The topological polar surface area (TPSA) is 110 Å². The molecule has 2 aromatic rings. The number of nitrogens with one attached hydrogen (secondary N) is 1. The zero-order valence-electron chi connectivity index (χ0n) is 17.0. The fraction of sp³-hybridized carbons (Fsp3) is 0.381. The van der Waals surface area contributed by atoms with Gasteiger partial charge in [0.05, 0.1) is 18.9 Å². The molecule has 0 saturated heterocycles. The first-order valence-electron chi connectivity index (χ1n) is 9.12. The van der Waals surface area contributed by atoms with Gasteiger partial charge in [0.25, 0.3) is 0 Å². The molecule has 1 aromatic heterocycles. The number of ether oxygens (including phenoxy) is 2. The van der Waals surface area contributed by atoms with Gasteiger partial charge in [-0.2, -0.15) is 5.26 Å². The minimum atomic E-state index is -0.720. The van der Waals surface area contributed by atoms with Crippen LogP contribution in [-0.2, 0) is 4.74 Å².